The number of ether oxygens (including phenoxy) is 2. The van der Waals surface area contributed by atoms with Crippen molar-refractivity contribution in [1.82, 2.24) is 0 Å². The van der Waals surface area contributed by atoms with E-state index in [-0.39, 0.29) is 34.6 Å². The van der Waals surface area contributed by atoms with Crippen molar-refractivity contribution in [1.29, 1.82) is 0 Å². The van der Waals surface area contributed by atoms with Crippen LogP contribution in [0, 0.1) is 0 Å². The highest BCUT2D eigenvalue weighted by Crippen LogP contribution is 2.17. The van der Waals surface area contributed by atoms with Crippen LogP contribution in [0.5, 0.6) is 11.5 Å². The quantitative estimate of drug-likeness (QED) is 0.450. The summed E-state index contributed by atoms with van der Waals surface area (Å²) in [6, 6.07) is 13.7. The van der Waals surface area contributed by atoms with Crippen LogP contribution in [0.3, 0.4) is 0 Å². The summed E-state index contributed by atoms with van der Waals surface area (Å²) in [5.74, 6) is 2.14. The minimum atomic E-state index is -0.970. The maximum atomic E-state index is 12.2. The molecule has 0 spiro atoms. The van der Waals surface area contributed by atoms with Gasteiger partial charge in [-0.1, -0.05) is 0 Å². The summed E-state index contributed by atoms with van der Waals surface area (Å²) in [5.41, 5.74) is 1.15. The van der Waals surface area contributed by atoms with Gasteiger partial charge in [-0.05, 0) is 48.5 Å². The van der Waals surface area contributed by atoms with Crippen LogP contribution in [0.2, 0.25) is 0 Å². The Hall–Kier alpha value is -2.00. The zero-order valence-electron chi connectivity index (χ0n) is 16.9. The van der Waals surface area contributed by atoms with Crippen molar-refractivity contribution in [3.8, 4) is 11.5 Å². The van der Waals surface area contributed by atoms with E-state index in [0.717, 1.165) is 0 Å². The van der Waals surface area contributed by atoms with E-state index in [1.54, 1.807) is 62.8 Å². The van der Waals surface area contributed by atoms with Crippen molar-refractivity contribution < 1.29 is 29.3 Å². The molecule has 2 rings (SSSR count). The van der Waals surface area contributed by atoms with E-state index in [4.69, 9.17) is 9.47 Å². The Morgan fingerprint density at radius 3 is 1.37 bits per heavy atom. The number of aliphatic hydroxyl groups excluding tert-OH is 2. The predicted molar refractivity (Wildman–Crippen MR) is 121 cm³/mol. The second-order valence-electron chi connectivity index (χ2n) is 6.47. The van der Waals surface area contributed by atoms with Gasteiger partial charge in [-0.15, -0.1) is 0 Å². The summed E-state index contributed by atoms with van der Waals surface area (Å²) in [4.78, 5) is 24.3. The fourth-order valence-electron chi connectivity index (χ4n) is 2.49. The fourth-order valence-corrected chi connectivity index (χ4v) is 4.35. The lowest BCUT2D eigenvalue weighted by atomic mass is 10.1. The summed E-state index contributed by atoms with van der Waals surface area (Å²) >= 11 is 2.53. The van der Waals surface area contributed by atoms with Crippen molar-refractivity contribution in [3.05, 3.63) is 59.7 Å². The van der Waals surface area contributed by atoms with E-state index in [1.807, 2.05) is 0 Å². The van der Waals surface area contributed by atoms with Crippen molar-refractivity contribution >= 4 is 35.1 Å². The molecule has 2 N–H and O–H groups in total. The average Bonchev–Trinajstić information content (AvgIpc) is 2.78. The molecule has 0 aliphatic heterocycles. The second-order valence-corrected chi connectivity index (χ2v) is 8.53. The van der Waals surface area contributed by atoms with Gasteiger partial charge in [0.25, 0.3) is 0 Å². The van der Waals surface area contributed by atoms with Crippen LogP contribution in [0.15, 0.2) is 48.5 Å². The van der Waals surface area contributed by atoms with Crippen LogP contribution in [0.4, 0.5) is 0 Å². The Morgan fingerprint density at radius 1 is 0.733 bits per heavy atom. The monoisotopic (exact) mass is 450 g/mol. The van der Waals surface area contributed by atoms with Crippen molar-refractivity contribution in [2.45, 2.75) is 12.2 Å². The van der Waals surface area contributed by atoms with E-state index >= 15 is 0 Å². The molecule has 2 aromatic rings. The highest BCUT2D eigenvalue weighted by Gasteiger charge is 2.18. The zero-order chi connectivity index (χ0) is 21.9. The van der Waals surface area contributed by atoms with Gasteiger partial charge in [0.2, 0.25) is 0 Å². The third-order valence-corrected chi connectivity index (χ3v) is 6.40. The number of hydrogen-bond donors (Lipinski definition) is 2. The normalized spacial score (nSPS) is 12.8. The maximum Gasteiger partial charge on any atom is 0.172 e. The van der Waals surface area contributed by atoms with Crippen molar-refractivity contribution in [2.75, 3.05) is 37.2 Å². The molecule has 2 aromatic carbocycles. The van der Waals surface area contributed by atoms with Crippen molar-refractivity contribution in [3.63, 3.8) is 0 Å². The minimum absolute atomic E-state index is 0.0520. The van der Waals surface area contributed by atoms with Crippen molar-refractivity contribution in [2.24, 2.45) is 0 Å². The first-order valence-electron chi connectivity index (χ1n) is 9.30. The smallest absolute Gasteiger partial charge is 0.172 e. The molecular formula is C22H26O6S2. The first kappa shape index (κ1) is 24.3. The van der Waals surface area contributed by atoms with E-state index in [1.165, 1.54) is 23.5 Å². The second kappa shape index (κ2) is 12.6. The SMILES string of the molecule is COc1ccc(C(=O)CSC[C@@H](O)[C@@H](O)CSCC(=O)c2ccc(OC)cc2)cc1. The molecule has 0 fully saturated rings. The third kappa shape index (κ3) is 7.68. The van der Waals surface area contributed by atoms with Gasteiger partial charge in [0.15, 0.2) is 11.6 Å². The molecule has 2 atom stereocenters. The summed E-state index contributed by atoms with van der Waals surface area (Å²) in [5, 5.41) is 20.2. The molecular weight excluding hydrogens is 424 g/mol. The van der Waals surface area contributed by atoms with Crippen LogP contribution in [-0.2, 0) is 0 Å². The molecule has 0 aliphatic carbocycles. The minimum Gasteiger partial charge on any atom is -0.497 e. The molecule has 0 unspecified atom stereocenters. The summed E-state index contributed by atoms with van der Waals surface area (Å²) < 4.78 is 10.1. The van der Waals surface area contributed by atoms with Crippen LogP contribution in [0.25, 0.3) is 0 Å². The number of thioether (sulfide) groups is 2. The number of methoxy groups -OCH3 is 2. The summed E-state index contributed by atoms with van der Waals surface area (Å²) in [6.07, 6.45) is -1.94. The molecule has 0 aliphatic rings. The lowest BCUT2D eigenvalue weighted by molar-refractivity contribution is 0.0500. The molecule has 30 heavy (non-hydrogen) atoms. The zero-order valence-corrected chi connectivity index (χ0v) is 18.6. The first-order chi connectivity index (χ1) is 14.4. The Morgan fingerprint density at radius 2 is 1.07 bits per heavy atom. The van der Waals surface area contributed by atoms with Gasteiger partial charge in [0.1, 0.15) is 11.5 Å². The molecule has 6 nitrogen and oxygen atoms in total. The average molecular weight is 451 g/mol. The molecule has 0 aromatic heterocycles. The highest BCUT2D eigenvalue weighted by molar-refractivity contribution is 8.00. The van der Waals surface area contributed by atoms with Crippen LogP contribution in [0.1, 0.15) is 20.7 Å². The molecule has 162 valence electrons. The lowest BCUT2D eigenvalue weighted by Gasteiger charge is -2.17. The Balaban J connectivity index is 1.66. The first-order valence-corrected chi connectivity index (χ1v) is 11.6. The topological polar surface area (TPSA) is 93.1 Å². The van der Waals surface area contributed by atoms with Crippen LogP contribution >= 0.6 is 23.5 Å². The molecule has 0 saturated carbocycles. The standard InChI is InChI=1S/C22H26O6S2/c1-27-17-7-3-15(4-8-17)19(23)11-29-13-21(25)22(26)14-30-12-20(24)16-5-9-18(28-2)10-6-16/h3-10,21-22,25-26H,11-14H2,1-2H3/t21-,22+. The van der Waals surface area contributed by atoms with Gasteiger partial charge in [0, 0.05) is 22.6 Å². The third-order valence-electron chi connectivity index (χ3n) is 4.31. The van der Waals surface area contributed by atoms with Gasteiger partial charge < -0.3 is 19.7 Å². The molecule has 0 saturated heterocycles. The van der Waals surface area contributed by atoms with E-state index in [2.05, 4.69) is 0 Å². The van der Waals surface area contributed by atoms with Gasteiger partial charge in [-0.3, -0.25) is 9.59 Å². The number of aliphatic hydroxyl groups is 2. The van der Waals surface area contributed by atoms with Crippen LogP contribution < -0.4 is 9.47 Å². The van der Waals surface area contributed by atoms with Crippen LogP contribution in [-0.4, -0.2) is 71.2 Å². The van der Waals surface area contributed by atoms with Gasteiger partial charge >= 0.3 is 0 Å². The number of carbonyl (C=O) groups excluding carboxylic acids is 2. The van der Waals surface area contributed by atoms with Gasteiger partial charge in [-0.2, -0.15) is 23.5 Å². The molecule has 0 heterocycles. The van der Waals surface area contributed by atoms with E-state index in [9.17, 15) is 19.8 Å². The Labute approximate surface area is 185 Å². The summed E-state index contributed by atoms with van der Waals surface area (Å²) in [7, 11) is 3.12. The predicted octanol–water partition coefficient (Wildman–Crippen LogP) is 2.96. The molecule has 0 radical (unpaired) electrons. The maximum absolute atomic E-state index is 12.2. The van der Waals surface area contributed by atoms with Gasteiger partial charge in [-0.25, -0.2) is 0 Å². The lowest BCUT2D eigenvalue weighted by Crippen LogP contribution is -2.31. The number of ketones is 2. The summed E-state index contributed by atoms with van der Waals surface area (Å²) in [6.45, 7) is 0. The largest absolute Gasteiger partial charge is 0.497 e. The number of benzene rings is 2. The Kier molecular flexibility index (Phi) is 10.2. The number of Topliss-reactive ketones (excluding diaryl/α,β-unsaturated/α-hetero) is 2. The molecule has 0 bridgehead atoms. The fraction of sp³-hybridized carbons (Fsp3) is 0.364. The number of carbonyl (C=O) groups is 2. The Bertz CT molecular complexity index is 738. The number of rotatable bonds is 13. The highest BCUT2D eigenvalue weighted by atomic mass is 32.2. The number of hydrogen-bond acceptors (Lipinski definition) is 8. The molecule has 8 heteroatoms. The van der Waals surface area contributed by atoms with E-state index in [0.29, 0.717) is 22.6 Å². The van der Waals surface area contributed by atoms with Gasteiger partial charge in [0.05, 0.1) is 37.9 Å². The van der Waals surface area contributed by atoms with E-state index < -0.39 is 12.2 Å². The molecule has 0 amide bonds.